The van der Waals surface area contributed by atoms with Gasteiger partial charge in [-0.2, -0.15) is 0 Å². The van der Waals surface area contributed by atoms with E-state index in [1.54, 1.807) is 37.5 Å². The molecular weight excluding hydrogens is 579 g/mol. The molecule has 1 heterocycles. The highest BCUT2D eigenvalue weighted by Crippen LogP contribution is 2.35. The van der Waals surface area contributed by atoms with Gasteiger partial charge in [0.25, 0.3) is 5.91 Å². The van der Waals surface area contributed by atoms with Gasteiger partial charge < -0.3 is 14.8 Å². The molecule has 4 rings (SSSR count). The zero-order valence-electron chi connectivity index (χ0n) is 19.9. The fourth-order valence-electron chi connectivity index (χ4n) is 3.83. The minimum Gasteiger partial charge on any atom is -0.493 e. The molecule has 0 bridgehead atoms. The van der Waals surface area contributed by atoms with E-state index in [1.165, 1.54) is 4.90 Å². The van der Waals surface area contributed by atoms with E-state index in [4.69, 9.17) is 32.7 Å². The molecule has 190 valence electrons. The number of carbonyl (C=O) groups is 2. The molecule has 6 nitrogen and oxygen atoms in total. The van der Waals surface area contributed by atoms with Gasteiger partial charge in [-0.25, -0.2) is 4.79 Å². The van der Waals surface area contributed by atoms with Crippen LogP contribution in [0.15, 0.2) is 77.4 Å². The largest absolute Gasteiger partial charge is 0.493 e. The van der Waals surface area contributed by atoms with Gasteiger partial charge in [0, 0.05) is 10.0 Å². The smallest absolute Gasteiger partial charge is 0.329 e. The Morgan fingerprint density at radius 2 is 1.76 bits per heavy atom. The molecule has 0 aliphatic carbocycles. The van der Waals surface area contributed by atoms with E-state index in [0.717, 1.165) is 21.2 Å². The Morgan fingerprint density at radius 3 is 2.43 bits per heavy atom. The monoisotopic (exact) mass is 600 g/mol. The van der Waals surface area contributed by atoms with Crippen LogP contribution in [0.3, 0.4) is 0 Å². The fraction of sp³-hybridized carbons (Fsp3) is 0.143. The minimum atomic E-state index is -0.473. The second-order valence-electron chi connectivity index (χ2n) is 8.25. The number of nitrogens with one attached hydrogen (secondary N) is 1. The number of allylic oxidation sites excluding steroid dienone is 1. The first-order chi connectivity index (χ1) is 17.8. The van der Waals surface area contributed by atoms with Crippen molar-refractivity contribution in [2.45, 2.75) is 19.6 Å². The van der Waals surface area contributed by atoms with Crippen LogP contribution in [-0.2, 0) is 24.4 Å². The first-order valence-electron chi connectivity index (χ1n) is 11.3. The van der Waals surface area contributed by atoms with E-state index in [-0.39, 0.29) is 18.8 Å². The molecule has 37 heavy (non-hydrogen) atoms. The van der Waals surface area contributed by atoms with Crippen molar-refractivity contribution < 1.29 is 19.1 Å². The number of benzene rings is 3. The Kier molecular flexibility index (Phi) is 8.59. The van der Waals surface area contributed by atoms with Gasteiger partial charge in [0.2, 0.25) is 0 Å². The van der Waals surface area contributed by atoms with Gasteiger partial charge in [0.1, 0.15) is 12.3 Å². The molecule has 3 amide bonds. The summed E-state index contributed by atoms with van der Waals surface area (Å²) in [5.74, 6) is 0.626. The number of nitrogens with zero attached hydrogens (tertiary/aromatic N) is 1. The van der Waals surface area contributed by atoms with Crippen LogP contribution in [-0.4, -0.2) is 23.9 Å². The van der Waals surface area contributed by atoms with Crippen LogP contribution in [0.5, 0.6) is 11.5 Å². The average Bonchev–Trinajstić information content (AvgIpc) is 3.13. The number of halogens is 3. The Bertz CT molecular complexity index is 1390. The zero-order valence-corrected chi connectivity index (χ0v) is 23.0. The summed E-state index contributed by atoms with van der Waals surface area (Å²) in [6, 6.07) is 15.9. The van der Waals surface area contributed by atoms with Crippen molar-refractivity contribution >= 4 is 57.1 Å². The van der Waals surface area contributed by atoms with Crippen molar-refractivity contribution in [2.24, 2.45) is 0 Å². The highest BCUT2D eigenvalue weighted by atomic mass is 79.9. The molecular formula is C28H23BrCl2N2O4. The molecule has 3 aromatic carbocycles. The van der Waals surface area contributed by atoms with E-state index in [9.17, 15) is 9.59 Å². The maximum absolute atomic E-state index is 13.0. The number of hydrogen-bond acceptors (Lipinski definition) is 4. The first-order valence-corrected chi connectivity index (χ1v) is 12.8. The van der Waals surface area contributed by atoms with Gasteiger partial charge in [-0.05, 0) is 65.6 Å². The van der Waals surface area contributed by atoms with E-state index >= 15 is 0 Å². The summed E-state index contributed by atoms with van der Waals surface area (Å²) in [5, 5.41) is 3.58. The molecule has 1 aliphatic heterocycles. The van der Waals surface area contributed by atoms with Crippen LogP contribution < -0.4 is 14.8 Å². The van der Waals surface area contributed by atoms with Crippen LogP contribution in [0.1, 0.15) is 22.3 Å². The van der Waals surface area contributed by atoms with Crippen molar-refractivity contribution in [1.82, 2.24) is 10.2 Å². The average molecular weight is 602 g/mol. The second-order valence-corrected chi connectivity index (χ2v) is 9.98. The number of imide groups is 1. The first kappa shape index (κ1) is 26.8. The third-order valence-electron chi connectivity index (χ3n) is 5.63. The van der Waals surface area contributed by atoms with Gasteiger partial charge in [-0.3, -0.25) is 9.69 Å². The Hall–Kier alpha value is -3.26. The summed E-state index contributed by atoms with van der Waals surface area (Å²) < 4.78 is 12.6. The minimum absolute atomic E-state index is 0.168. The summed E-state index contributed by atoms with van der Waals surface area (Å²) in [6.45, 7) is 4.25. The molecule has 9 heteroatoms. The zero-order chi connectivity index (χ0) is 26.5. The highest BCUT2D eigenvalue weighted by molar-refractivity contribution is 9.10. The molecule has 0 aromatic heterocycles. The molecule has 0 atom stereocenters. The van der Waals surface area contributed by atoms with E-state index in [0.29, 0.717) is 33.5 Å². The van der Waals surface area contributed by atoms with Crippen LogP contribution in [0.4, 0.5) is 4.79 Å². The highest BCUT2D eigenvalue weighted by Gasteiger charge is 2.33. The third-order valence-corrected chi connectivity index (χ3v) is 6.90. The number of hydrogen-bond donors (Lipinski definition) is 1. The lowest BCUT2D eigenvalue weighted by atomic mass is 10.0. The van der Waals surface area contributed by atoms with E-state index in [1.807, 2.05) is 36.4 Å². The van der Waals surface area contributed by atoms with Crippen LogP contribution >= 0.6 is 39.1 Å². The number of methoxy groups -OCH3 is 1. The van der Waals surface area contributed by atoms with Gasteiger partial charge in [-0.15, -0.1) is 6.58 Å². The van der Waals surface area contributed by atoms with Crippen molar-refractivity contribution in [3.8, 4) is 11.5 Å². The lowest BCUT2D eigenvalue weighted by Gasteiger charge is -2.16. The second kappa shape index (κ2) is 11.9. The number of urea groups is 1. The predicted octanol–water partition coefficient (Wildman–Crippen LogP) is 7.16. The van der Waals surface area contributed by atoms with Crippen LogP contribution in [0.25, 0.3) is 6.08 Å². The van der Waals surface area contributed by atoms with Crippen LogP contribution in [0, 0.1) is 0 Å². The number of amides is 3. The van der Waals surface area contributed by atoms with Gasteiger partial charge >= 0.3 is 6.03 Å². The Labute approximate surface area is 233 Å². The van der Waals surface area contributed by atoms with Crippen LogP contribution in [0.2, 0.25) is 10.0 Å². The van der Waals surface area contributed by atoms with Crippen molar-refractivity contribution in [2.75, 3.05) is 7.11 Å². The maximum atomic E-state index is 13.0. The molecule has 0 unspecified atom stereocenters. The number of carbonyl (C=O) groups excluding carboxylic acids is 2. The molecule has 0 radical (unpaired) electrons. The summed E-state index contributed by atoms with van der Waals surface area (Å²) >= 11 is 15.5. The lowest BCUT2D eigenvalue weighted by Crippen LogP contribution is -2.30. The molecule has 1 aliphatic rings. The topological polar surface area (TPSA) is 67.9 Å². The fourth-order valence-corrected chi connectivity index (χ4v) is 4.41. The molecule has 1 N–H and O–H groups in total. The van der Waals surface area contributed by atoms with E-state index < -0.39 is 11.9 Å². The quantitative estimate of drug-likeness (QED) is 0.160. The molecule has 3 aromatic rings. The lowest BCUT2D eigenvalue weighted by molar-refractivity contribution is -0.123. The predicted molar refractivity (Wildman–Crippen MR) is 149 cm³/mol. The Balaban J connectivity index is 1.58. The van der Waals surface area contributed by atoms with Gasteiger partial charge in [-0.1, -0.05) is 63.4 Å². The van der Waals surface area contributed by atoms with Gasteiger partial charge in [0.05, 0.1) is 23.7 Å². The van der Waals surface area contributed by atoms with Crippen molar-refractivity contribution in [3.63, 3.8) is 0 Å². The standard InChI is InChI=1S/C28H23BrCl2N2O4/c1-3-4-20-11-19(14-25(36-2)26(20)37-16-18-7-10-22(30)23(31)12-18)13-24-27(34)33(28(35)32-24)15-17-5-8-21(29)9-6-17/h3,5-14H,1,4,15-16H2,2H3,(H,32,35)/b24-13+. The molecule has 0 spiro atoms. The normalized spacial score (nSPS) is 14.2. The third kappa shape index (κ3) is 6.36. The SMILES string of the molecule is C=CCc1cc(/C=C2/NC(=O)N(Cc3ccc(Br)cc3)C2=O)cc(OC)c1OCc1ccc(Cl)c(Cl)c1. The summed E-state index contributed by atoms with van der Waals surface area (Å²) in [5.41, 5.74) is 3.34. The number of ether oxygens (including phenoxy) is 2. The number of rotatable bonds is 9. The molecule has 1 saturated heterocycles. The van der Waals surface area contributed by atoms with E-state index in [2.05, 4.69) is 27.8 Å². The Morgan fingerprint density at radius 1 is 1.03 bits per heavy atom. The van der Waals surface area contributed by atoms with Gasteiger partial charge in [0.15, 0.2) is 11.5 Å². The summed E-state index contributed by atoms with van der Waals surface area (Å²) in [4.78, 5) is 26.7. The molecule has 1 fully saturated rings. The van der Waals surface area contributed by atoms with Crippen molar-refractivity contribution in [3.05, 3.63) is 110 Å². The summed E-state index contributed by atoms with van der Waals surface area (Å²) in [7, 11) is 1.54. The van der Waals surface area contributed by atoms with Crippen molar-refractivity contribution in [1.29, 1.82) is 0 Å². The summed E-state index contributed by atoms with van der Waals surface area (Å²) in [6.07, 6.45) is 3.87. The maximum Gasteiger partial charge on any atom is 0.329 e. The molecule has 0 saturated carbocycles.